The van der Waals surface area contributed by atoms with Gasteiger partial charge in [0.25, 0.3) is 0 Å². The van der Waals surface area contributed by atoms with Gasteiger partial charge in [0.1, 0.15) is 0 Å². The molecule has 0 fully saturated rings. The molecule has 0 bridgehead atoms. The Morgan fingerprint density at radius 1 is 1.62 bits per heavy atom. The van der Waals surface area contributed by atoms with Gasteiger partial charge in [0, 0.05) is 25.6 Å². The maximum Gasteiger partial charge on any atom is 0.0534 e. The first-order valence-electron chi connectivity index (χ1n) is 2.57. The third-order valence-corrected chi connectivity index (χ3v) is 0.970. The molecule has 0 unspecified atom stereocenters. The third kappa shape index (κ3) is 1.03. The van der Waals surface area contributed by atoms with Crippen molar-refractivity contribution in [1.82, 2.24) is 10.2 Å². The average Bonchev–Trinajstić information content (AvgIpc) is 1.64. The van der Waals surface area contributed by atoms with Crippen LogP contribution in [0.4, 0.5) is 0 Å². The van der Waals surface area contributed by atoms with Crippen molar-refractivity contribution in [3.63, 3.8) is 0 Å². The van der Waals surface area contributed by atoms with Crippen LogP contribution in [0.5, 0.6) is 0 Å². The summed E-state index contributed by atoms with van der Waals surface area (Å²) in [4.78, 5) is 1.97. The minimum atomic E-state index is 1.05. The molecule has 0 aromatic heterocycles. The second-order valence-corrected chi connectivity index (χ2v) is 1.86. The second kappa shape index (κ2) is 1.90. The number of hydrogen-bond acceptors (Lipinski definition) is 1. The average molecular weight is 109 g/mol. The summed E-state index contributed by atoms with van der Waals surface area (Å²) in [6.07, 6.45) is 5.67. The molecule has 43 valence electrons. The molecule has 0 atom stereocenters. The summed E-state index contributed by atoms with van der Waals surface area (Å²) in [7, 11) is 1.98. The summed E-state index contributed by atoms with van der Waals surface area (Å²) >= 11 is 0. The van der Waals surface area contributed by atoms with Crippen molar-refractivity contribution >= 4 is 0 Å². The van der Waals surface area contributed by atoms with Gasteiger partial charge in [-0.3, -0.25) is 5.32 Å². The zero-order chi connectivity index (χ0) is 5.98. The van der Waals surface area contributed by atoms with Crippen LogP contribution in [0.1, 0.15) is 6.92 Å². The normalized spacial score (nSPS) is 17.8. The Kier molecular flexibility index (Phi) is 1.24. The Bertz CT molecular complexity index is 135. The van der Waals surface area contributed by atoms with Gasteiger partial charge in [-0.05, 0) is 6.92 Å². The second-order valence-electron chi connectivity index (χ2n) is 1.86. The first-order valence-corrected chi connectivity index (χ1v) is 2.57. The van der Waals surface area contributed by atoms with Crippen LogP contribution in [0.3, 0.4) is 0 Å². The molecule has 1 heterocycles. The molecule has 0 aromatic rings. The molecule has 0 saturated heterocycles. The maximum absolute atomic E-state index is 4.02. The van der Waals surface area contributed by atoms with Gasteiger partial charge >= 0.3 is 0 Å². The van der Waals surface area contributed by atoms with Crippen molar-refractivity contribution in [3.8, 4) is 0 Å². The fourth-order valence-electron chi connectivity index (χ4n) is 0.627. The van der Waals surface area contributed by atoms with E-state index in [4.69, 9.17) is 0 Å². The zero-order valence-electron chi connectivity index (χ0n) is 5.13. The lowest BCUT2D eigenvalue weighted by Crippen LogP contribution is -2.10. The monoisotopic (exact) mass is 109 g/mol. The summed E-state index contributed by atoms with van der Waals surface area (Å²) in [5.74, 6) is 0. The Labute approximate surface area is 49.5 Å². The van der Waals surface area contributed by atoms with E-state index in [1.54, 1.807) is 6.20 Å². The highest BCUT2D eigenvalue weighted by Crippen LogP contribution is 1.98. The van der Waals surface area contributed by atoms with Gasteiger partial charge in [-0.1, -0.05) is 0 Å². The van der Waals surface area contributed by atoms with E-state index >= 15 is 0 Å². The van der Waals surface area contributed by atoms with Crippen molar-refractivity contribution in [2.75, 3.05) is 7.05 Å². The van der Waals surface area contributed by atoms with Crippen molar-refractivity contribution in [2.45, 2.75) is 6.92 Å². The summed E-state index contributed by atoms with van der Waals surface area (Å²) in [6, 6.07) is 0. The summed E-state index contributed by atoms with van der Waals surface area (Å²) in [5.41, 5.74) is 1.05. The van der Waals surface area contributed by atoms with Gasteiger partial charge in [-0.15, -0.1) is 0 Å². The smallest absolute Gasteiger partial charge is 0.0534 e. The molecular formula is C6H9N2. The van der Waals surface area contributed by atoms with E-state index in [2.05, 4.69) is 5.32 Å². The molecule has 0 spiro atoms. The van der Waals surface area contributed by atoms with Crippen molar-refractivity contribution in [3.05, 3.63) is 24.3 Å². The number of nitrogens with zero attached hydrogens (tertiary/aromatic N) is 2. The van der Waals surface area contributed by atoms with Gasteiger partial charge in [0.2, 0.25) is 0 Å². The van der Waals surface area contributed by atoms with Crippen LogP contribution in [0.15, 0.2) is 24.3 Å². The quantitative estimate of drug-likeness (QED) is 0.451. The molecule has 1 aliphatic rings. The van der Waals surface area contributed by atoms with E-state index in [1.165, 1.54) is 0 Å². The highest BCUT2D eigenvalue weighted by atomic mass is 15.1. The lowest BCUT2D eigenvalue weighted by atomic mass is 10.4. The standard InChI is InChI=1S/C6H9N2/c1-6-5-8(2)4-3-7-6/h3-5H,1-2H3. The van der Waals surface area contributed by atoms with E-state index in [9.17, 15) is 0 Å². The SMILES string of the molecule is CC1=CN(C)C=C[N]1. The minimum Gasteiger partial charge on any atom is -0.354 e. The summed E-state index contributed by atoms with van der Waals surface area (Å²) in [6.45, 7) is 1.97. The fourth-order valence-corrected chi connectivity index (χ4v) is 0.627. The van der Waals surface area contributed by atoms with Crippen LogP contribution in [0.25, 0.3) is 0 Å². The lowest BCUT2D eigenvalue weighted by Gasteiger charge is -2.12. The molecule has 2 nitrogen and oxygen atoms in total. The van der Waals surface area contributed by atoms with Crippen LogP contribution in [0.2, 0.25) is 0 Å². The first kappa shape index (κ1) is 5.22. The lowest BCUT2D eigenvalue weighted by molar-refractivity contribution is 0.592. The molecule has 2 heteroatoms. The summed E-state index contributed by atoms with van der Waals surface area (Å²) < 4.78 is 0. The van der Waals surface area contributed by atoms with Crippen molar-refractivity contribution in [1.29, 1.82) is 0 Å². The molecule has 1 radical (unpaired) electrons. The molecule has 0 amide bonds. The third-order valence-electron chi connectivity index (χ3n) is 0.970. The topological polar surface area (TPSA) is 17.3 Å². The molecule has 0 N–H and O–H groups in total. The largest absolute Gasteiger partial charge is 0.354 e. The Morgan fingerprint density at radius 3 is 2.75 bits per heavy atom. The minimum absolute atomic E-state index is 1.05. The van der Waals surface area contributed by atoms with Crippen LogP contribution < -0.4 is 5.32 Å². The number of allylic oxidation sites excluding steroid dienone is 1. The highest BCUT2D eigenvalue weighted by Gasteiger charge is 1.93. The van der Waals surface area contributed by atoms with Gasteiger partial charge in [-0.2, -0.15) is 0 Å². The molecule has 0 aliphatic carbocycles. The highest BCUT2D eigenvalue weighted by molar-refractivity contribution is 5.05. The molecule has 8 heavy (non-hydrogen) atoms. The molecule has 0 aromatic carbocycles. The Morgan fingerprint density at radius 2 is 2.38 bits per heavy atom. The molecular weight excluding hydrogens is 100 g/mol. The molecule has 0 saturated carbocycles. The number of rotatable bonds is 0. The van der Waals surface area contributed by atoms with Crippen molar-refractivity contribution < 1.29 is 0 Å². The zero-order valence-corrected chi connectivity index (χ0v) is 5.13. The van der Waals surface area contributed by atoms with Crippen molar-refractivity contribution in [2.24, 2.45) is 0 Å². The van der Waals surface area contributed by atoms with E-state index in [1.807, 2.05) is 31.3 Å². The fraction of sp³-hybridized carbons (Fsp3) is 0.333. The van der Waals surface area contributed by atoms with Gasteiger partial charge in [0.05, 0.1) is 5.70 Å². The molecule has 1 rings (SSSR count). The van der Waals surface area contributed by atoms with E-state index < -0.39 is 0 Å². The van der Waals surface area contributed by atoms with E-state index in [0.29, 0.717) is 0 Å². The molecule has 1 aliphatic heterocycles. The van der Waals surface area contributed by atoms with Gasteiger partial charge in [0.15, 0.2) is 0 Å². The van der Waals surface area contributed by atoms with Gasteiger partial charge < -0.3 is 4.90 Å². The van der Waals surface area contributed by atoms with Crippen LogP contribution >= 0.6 is 0 Å². The predicted octanol–water partition coefficient (Wildman–Crippen LogP) is 0.869. The maximum atomic E-state index is 4.02. The van der Waals surface area contributed by atoms with Crippen LogP contribution in [-0.2, 0) is 0 Å². The van der Waals surface area contributed by atoms with E-state index in [-0.39, 0.29) is 0 Å². The van der Waals surface area contributed by atoms with Gasteiger partial charge in [-0.25, -0.2) is 0 Å². The van der Waals surface area contributed by atoms with Crippen LogP contribution in [0, 0.1) is 0 Å². The Balaban J connectivity index is 2.60. The first-order chi connectivity index (χ1) is 3.79. The van der Waals surface area contributed by atoms with Crippen LogP contribution in [-0.4, -0.2) is 11.9 Å². The van der Waals surface area contributed by atoms with E-state index in [0.717, 1.165) is 5.70 Å². The Hall–Kier alpha value is -0.920. The number of hydrogen-bond donors (Lipinski definition) is 0. The summed E-state index contributed by atoms with van der Waals surface area (Å²) in [5, 5.41) is 4.02. The predicted molar refractivity (Wildman–Crippen MR) is 32.8 cm³/mol.